The number of benzene rings is 1. The molecule has 0 aliphatic carbocycles. The van der Waals surface area contributed by atoms with Gasteiger partial charge in [0.25, 0.3) is 0 Å². The first-order valence-electron chi connectivity index (χ1n) is 8.96. The van der Waals surface area contributed by atoms with Crippen molar-refractivity contribution in [3.05, 3.63) is 66.2 Å². The van der Waals surface area contributed by atoms with Gasteiger partial charge in [0.1, 0.15) is 0 Å². The SMILES string of the molecule is O=C(Nc1ccc(Cl)cc1-n1cccc1)C1CCN(c2ncccn2)CC1. The standard InChI is InChI=1S/C20H20ClN5O/c21-16-4-5-17(18(14-16)25-10-1-2-11-25)24-19(27)15-6-12-26(13-7-15)20-22-8-3-9-23-20/h1-5,8-11,14-15H,6-7,12-13H2,(H,24,27). The van der Waals surface area contributed by atoms with Crippen LogP contribution in [-0.2, 0) is 4.79 Å². The third-order valence-electron chi connectivity index (χ3n) is 4.80. The van der Waals surface area contributed by atoms with Gasteiger partial charge >= 0.3 is 0 Å². The molecular formula is C20H20ClN5O. The summed E-state index contributed by atoms with van der Waals surface area (Å²) in [6.07, 6.45) is 8.89. The molecule has 0 atom stereocenters. The number of nitrogens with zero attached hydrogens (tertiary/aromatic N) is 4. The number of piperidine rings is 1. The fraction of sp³-hybridized carbons (Fsp3) is 0.250. The summed E-state index contributed by atoms with van der Waals surface area (Å²) in [5.41, 5.74) is 1.62. The zero-order chi connectivity index (χ0) is 18.6. The Kier molecular flexibility index (Phi) is 5.07. The number of aromatic nitrogens is 3. The Morgan fingerprint density at radius 3 is 2.48 bits per heavy atom. The van der Waals surface area contributed by atoms with Gasteiger partial charge in [0.15, 0.2) is 0 Å². The van der Waals surface area contributed by atoms with Crippen LogP contribution in [0.4, 0.5) is 11.6 Å². The molecule has 1 N–H and O–H groups in total. The van der Waals surface area contributed by atoms with Crippen LogP contribution in [0.25, 0.3) is 5.69 Å². The van der Waals surface area contributed by atoms with Crippen molar-refractivity contribution in [3.63, 3.8) is 0 Å². The molecule has 0 unspecified atom stereocenters. The smallest absolute Gasteiger partial charge is 0.227 e. The number of nitrogens with one attached hydrogen (secondary N) is 1. The number of amides is 1. The van der Waals surface area contributed by atoms with Crippen molar-refractivity contribution in [2.75, 3.05) is 23.3 Å². The lowest BCUT2D eigenvalue weighted by atomic mass is 9.96. The number of hydrogen-bond acceptors (Lipinski definition) is 4. The third-order valence-corrected chi connectivity index (χ3v) is 5.04. The lowest BCUT2D eigenvalue weighted by Gasteiger charge is -2.31. The molecule has 7 heteroatoms. The van der Waals surface area contributed by atoms with Crippen LogP contribution in [-0.4, -0.2) is 33.5 Å². The Hall–Kier alpha value is -2.86. The zero-order valence-electron chi connectivity index (χ0n) is 14.8. The zero-order valence-corrected chi connectivity index (χ0v) is 15.5. The number of carbonyl (C=O) groups excluding carboxylic acids is 1. The van der Waals surface area contributed by atoms with Crippen molar-refractivity contribution in [2.45, 2.75) is 12.8 Å². The summed E-state index contributed by atoms with van der Waals surface area (Å²) in [4.78, 5) is 23.5. The minimum Gasteiger partial charge on any atom is -0.341 e. The third kappa shape index (κ3) is 3.95. The van der Waals surface area contributed by atoms with Gasteiger partial charge in [-0.15, -0.1) is 0 Å². The fourth-order valence-electron chi connectivity index (χ4n) is 3.35. The van der Waals surface area contributed by atoms with E-state index in [9.17, 15) is 4.79 Å². The fourth-order valence-corrected chi connectivity index (χ4v) is 3.52. The molecule has 6 nitrogen and oxygen atoms in total. The van der Waals surface area contributed by atoms with Crippen LogP contribution in [0.5, 0.6) is 0 Å². The van der Waals surface area contributed by atoms with Crippen LogP contribution in [0.3, 0.4) is 0 Å². The molecule has 0 spiro atoms. The molecule has 1 amide bonds. The van der Waals surface area contributed by atoms with E-state index in [0.717, 1.165) is 43.3 Å². The number of anilines is 2. The highest BCUT2D eigenvalue weighted by atomic mass is 35.5. The normalized spacial score (nSPS) is 14.9. The topological polar surface area (TPSA) is 63.1 Å². The van der Waals surface area contributed by atoms with Gasteiger partial charge in [-0.1, -0.05) is 11.6 Å². The molecule has 0 bridgehead atoms. The lowest BCUT2D eigenvalue weighted by Crippen LogP contribution is -2.39. The average molecular weight is 382 g/mol. The molecule has 1 aliphatic heterocycles. The summed E-state index contributed by atoms with van der Waals surface area (Å²) in [6, 6.07) is 11.2. The molecule has 1 aromatic carbocycles. The van der Waals surface area contributed by atoms with Gasteiger partial charge in [-0.2, -0.15) is 0 Å². The number of carbonyl (C=O) groups is 1. The van der Waals surface area contributed by atoms with Gasteiger partial charge in [-0.25, -0.2) is 9.97 Å². The molecule has 4 rings (SSSR count). The number of hydrogen-bond donors (Lipinski definition) is 1. The average Bonchev–Trinajstić information content (AvgIpc) is 3.25. The van der Waals surface area contributed by atoms with Gasteiger partial charge in [-0.05, 0) is 49.2 Å². The van der Waals surface area contributed by atoms with Gasteiger partial charge in [0.2, 0.25) is 11.9 Å². The molecule has 0 saturated carbocycles. The first-order chi connectivity index (χ1) is 13.2. The second-order valence-corrected chi connectivity index (χ2v) is 6.99. The monoisotopic (exact) mass is 381 g/mol. The maximum atomic E-state index is 12.8. The minimum atomic E-state index is -0.0295. The largest absolute Gasteiger partial charge is 0.341 e. The van der Waals surface area contributed by atoms with E-state index < -0.39 is 0 Å². The number of rotatable bonds is 4. The van der Waals surface area contributed by atoms with E-state index >= 15 is 0 Å². The van der Waals surface area contributed by atoms with Gasteiger partial charge in [-0.3, -0.25) is 4.79 Å². The Bertz CT molecular complexity index is 905. The predicted molar refractivity (Wildman–Crippen MR) is 106 cm³/mol. The van der Waals surface area contributed by atoms with Crippen LogP contribution in [0, 0.1) is 5.92 Å². The van der Waals surface area contributed by atoms with E-state index in [1.807, 2.05) is 41.2 Å². The molecule has 3 heterocycles. The summed E-state index contributed by atoms with van der Waals surface area (Å²) < 4.78 is 1.94. The summed E-state index contributed by atoms with van der Waals surface area (Å²) in [7, 11) is 0. The highest BCUT2D eigenvalue weighted by Gasteiger charge is 2.26. The maximum Gasteiger partial charge on any atom is 0.227 e. The lowest BCUT2D eigenvalue weighted by molar-refractivity contribution is -0.120. The summed E-state index contributed by atoms with van der Waals surface area (Å²) in [5, 5.41) is 3.71. The molecule has 138 valence electrons. The summed E-state index contributed by atoms with van der Waals surface area (Å²) in [6.45, 7) is 1.54. The Balaban J connectivity index is 1.43. The number of halogens is 1. The van der Waals surface area contributed by atoms with Crippen molar-refractivity contribution in [1.29, 1.82) is 0 Å². The van der Waals surface area contributed by atoms with Gasteiger partial charge in [0.05, 0.1) is 11.4 Å². The first kappa shape index (κ1) is 17.5. The van der Waals surface area contributed by atoms with Crippen LogP contribution >= 0.6 is 11.6 Å². The Morgan fingerprint density at radius 2 is 1.78 bits per heavy atom. The summed E-state index contributed by atoms with van der Waals surface area (Å²) in [5.74, 6) is 0.737. The second-order valence-electron chi connectivity index (χ2n) is 6.55. The van der Waals surface area contributed by atoms with Crippen molar-refractivity contribution < 1.29 is 4.79 Å². The van der Waals surface area contributed by atoms with E-state index in [2.05, 4.69) is 20.2 Å². The van der Waals surface area contributed by atoms with Crippen LogP contribution in [0.1, 0.15) is 12.8 Å². The molecule has 1 fully saturated rings. The maximum absolute atomic E-state index is 12.8. The van der Waals surface area contributed by atoms with Crippen molar-refractivity contribution in [2.24, 2.45) is 5.92 Å². The van der Waals surface area contributed by atoms with Crippen LogP contribution < -0.4 is 10.2 Å². The molecule has 27 heavy (non-hydrogen) atoms. The van der Waals surface area contributed by atoms with Crippen LogP contribution in [0.2, 0.25) is 5.02 Å². The van der Waals surface area contributed by atoms with Crippen LogP contribution in [0.15, 0.2) is 61.2 Å². The molecular weight excluding hydrogens is 362 g/mol. The Morgan fingerprint density at radius 1 is 1.07 bits per heavy atom. The molecule has 1 aliphatic rings. The minimum absolute atomic E-state index is 0.0295. The quantitative estimate of drug-likeness (QED) is 0.747. The second kappa shape index (κ2) is 7.80. The Labute approximate surface area is 162 Å². The van der Waals surface area contributed by atoms with E-state index in [4.69, 9.17) is 11.6 Å². The molecule has 2 aromatic heterocycles. The predicted octanol–water partition coefficient (Wildman–Crippen LogP) is 3.78. The van der Waals surface area contributed by atoms with E-state index in [1.54, 1.807) is 24.5 Å². The molecule has 0 radical (unpaired) electrons. The van der Waals surface area contributed by atoms with E-state index in [1.165, 1.54) is 0 Å². The van der Waals surface area contributed by atoms with Gasteiger partial charge in [0, 0.05) is 48.8 Å². The van der Waals surface area contributed by atoms with Crippen molar-refractivity contribution >= 4 is 29.1 Å². The highest BCUT2D eigenvalue weighted by Crippen LogP contribution is 2.27. The first-order valence-corrected chi connectivity index (χ1v) is 9.34. The van der Waals surface area contributed by atoms with E-state index in [-0.39, 0.29) is 11.8 Å². The molecule has 3 aromatic rings. The van der Waals surface area contributed by atoms with E-state index in [0.29, 0.717) is 5.02 Å². The van der Waals surface area contributed by atoms with Gasteiger partial charge < -0.3 is 14.8 Å². The summed E-state index contributed by atoms with van der Waals surface area (Å²) >= 11 is 6.15. The van der Waals surface area contributed by atoms with Crippen molar-refractivity contribution in [1.82, 2.24) is 14.5 Å². The highest BCUT2D eigenvalue weighted by molar-refractivity contribution is 6.31. The molecule has 1 saturated heterocycles. The van der Waals surface area contributed by atoms with Crippen molar-refractivity contribution in [3.8, 4) is 5.69 Å².